The van der Waals surface area contributed by atoms with E-state index in [1.165, 1.54) is 0 Å². The molecule has 8 heteroatoms. The molecular formula is C17H36IN7. The Bertz CT molecular complexity index is 477. The van der Waals surface area contributed by atoms with Crippen molar-refractivity contribution in [1.29, 1.82) is 0 Å². The number of rotatable bonds is 10. The lowest BCUT2D eigenvalue weighted by molar-refractivity contribution is 0.181. The molecule has 2 N–H and O–H groups in total. The van der Waals surface area contributed by atoms with Gasteiger partial charge in [-0.2, -0.15) is 0 Å². The Morgan fingerprint density at radius 1 is 1.20 bits per heavy atom. The normalized spacial score (nSPS) is 12.0. The second-order valence-corrected chi connectivity index (χ2v) is 6.41. The number of halogens is 1. The lowest BCUT2D eigenvalue weighted by Gasteiger charge is -2.29. The number of guanidine groups is 1. The molecule has 0 unspecified atom stereocenters. The molecule has 0 bridgehead atoms. The maximum absolute atomic E-state index is 4.69. The van der Waals surface area contributed by atoms with Crippen molar-refractivity contribution in [1.82, 2.24) is 30.3 Å². The second-order valence-electron chi connectivity index (χ2n) is 6.41. The molecule has 1 aromatic heterocycles. The summed E-state index contributed by atoms with van der Waals surface area (Å²) in [7, 11) is 0. The first-order valence-electron chi connectivity index (χ1n) is 9.14. The van der Waals surface area contributed by atoms with E-state index >= 15 is 0 Å². The fourth-order valence-electron chi connectivity index (χ4n) is 2.77. The van der Waals surface area contributed by atoms with Gasteiger partial charge in [-0.25, -0.2) is 0 Å². The molecule has 1 heterocycles. The molecule has 0 saturated heterocycles. The molecule has 0 fully saturated rings. The highest BCUT2D eigenvalue weighted by molar-refractivity contribution is 14.0. The topological polar surface area (TPSA) is 70.4 Å². The van der Waals surface area contributed by atoms with E-state index in [1.54, 1.807) is 6.33 Å². The van der Waals surface area contributed by atoms with Crippen LogP contribution in [0.25, 0.3) is 0 Å². The number of aliphatic imine (C=N–C) groups is 1. The summed E-state index contributed by atoms with van der Waals surface area (Å²) in [5.74, 6) is 1.89. The molecule has 1 rings (SSSR count). The van der Waals surface area contributed by atoms with Gasteiger partial charge in [0.1, 0.15) is 12.2 Å². The lowest BCUT2D eigenvalue weighted by atomic mass is 10.2. The van der Waals surface area contributed by atoms with Crippen molar-refractivity contribution < 1.29 is 0 Å². The Balaban J connectivity index is 0.00000576. The third-order valence-corrected chi connectivity index (χ3v) is 3.96. The molecule has 0 saturated carbocycles. The third-order valence-electron chi connectivity index (χ3n) is 3.96. The van der Waals surface area contributed by atoms with Crippen molar-refractivity contribution >= 4 is 29.9 Å². The summed E-state index contributed by atoms with van der Waals surface area (Å²) in [6, 6.07) is 1.08. The molecule has 0 aliphatic carbocycles. The van der Waals surface area contributed by atoms with E-state index in [0.717, 1.165) is 50.9 Å². The fourth-order valence-corrected chi connectivity index (χ4v) is 2.77. The molecule has 146 valence electrons. The Labute approximate surface area is 170 Å². The minimum atomic E-state index is 0. The number of hydrogen-bond acceptors (Lipinski definition) is 4. The minimum absolute atomic E-state index is 0. The molecule has 0 radical (unpaired) electrons. The van der Waals surface area contributed by atoms with Crippen LogP contribution in [-0.2, 0) is 13.0 Å². The van der Waals surface area contributed by atoms with Crippen LogP contribution >= 0.6 is 24.0 Å². The van der Waals surface area contributed by atoms with Crippen molar-refractivity contribution in [3.05, 3.63) is 12.2 Å². The highest BCUT2D eigenvalue weighted by Crippen LogP contribution is 2.03. The highest BCUT2D eigenvalue weighted by Gasteiger charge is 2.12. The third kappa shape index (κ3) is 8.84. The first-order chi connectivity index (χ1) is 11.5. The summed E-state index contributed by atoms with van der Waals surface area (Å²) < 4.78 is 2.08. The number of nitrogens with one attached hydrogen (secondary N) is 2. The van der Waals surface area contributed by atoms with Gasteiger partial charge < -0.3 is 15.2 Å². The summed E-state index contributed by atoms with van der Waals surface area (Å²) in [5, 5.41) is 14.8. The van der Waals surface area contributed by atoms with E-state index in [0.29, 0.717) is 12.1 Å². The zero-order valence-electron chi connectivity index (χ0n) is 16.6. The van der Waals surface area contributed by atoms with Crippen LogP contribution in [0.4, 0.5) is 0 Å². The van der Waals surface area contributed by atoms with Crippen molar-refractivity contribution in [2.24, 2.45) is 4.99 Å². The van der Waals surface area contributed by atoms with Crippen LogP contribution < -0.4 is 10.6 Å². The van der Waals surface area contributed by atoms with Gasteiger partial charge in [-0.1, -0.05) is 6.92 Å². The van der Waals surface area contributed by atoms with Crippen molar-refractivity contribution in [3.8, 4) is 0 Å². The van der Waals surface area contributed by atoms with Crippen LogP contribution in [0.5, 0.6) is 0 Å². The maximum atomic E-state index is 4.69. The predicted octanol–water partition coefficient (Wildman–Crippen LogP) is 2.13. The van der Waals surface area contributed by atoms with Gasteiger partial charge in [0.15, 0.2) is 5.96 Å². The van der Waals surface area contributed by atoms with Crippen molar-refractivity contribution in [2.45, 2.75) is 66.6 Å². The summed E-state index contributed by atoms with van der Waals surface area (Å²) in [5.41, 5.74) is 0. The molecule has 0 atom stereocenters. The quantitative estimate of drug-likeness (QED) is 0.315. The second kappa shape index (κ2) is 13.3. The van der Waals surface area contributed by atoms with Gasteiger partial charge in [-0.3, -0.25) is 9.89 Å². The molecule has 0 aromatic carbocycles. The van der Waals surface area contributed by atoms with E-state index in [-0.39, 0.29) is 24.0 Å². The molecule has 1 aromatic rings. The van der Waals surface area contributed by atoms with Gasteiger partial charge in [-0.15, -0.1) is 34.2 Å². The maximum Gasteiger partial charge on any atom is 0.191 e. The van der Waals surface area contributed by atoms with Crippen LogP contribution in [0.15, 0.2) is 11.3 Å². The molecular weight excluding hydrogens is 429 g/mol. The van der Waals surface area contributed by atoms with Gasteiger partial charge >= 0.3 is 0 Å². The zero-order valence-corrected chi connectivity index (χ0v) is 18.9. The monoisotopic (exact) mass is 465 g/mol. The highest BCUT2D eigenvalue weighted by atomic mass is 127. The molecule has 0 amide bonds. The Kier molecular flexibility index (Phi) is 12.8. The minimum Gasteiger partial charge on any atom is -0.357 e. The number of nitrogens with zero attached hydrogens (tertiary/aromatic N) is 5. The standard InChI is InChI=1S/C17H35N7.HI/c1-7-16-22-21-13-23(16)11-9-19-17(18-8-2)20-10-12-24(14(3)4)15(5)6;/h13-15H,7-12H2,1-6H3,(H2,18,19,20);1H. The molecule has 0 spiro atoms. The summed E-state index contributed by atoms with van der Waals surface area (Å²) >= 11 is 0. The first-order valence-corrected chi connectivity index (χ1v) is 9.14. The van der Waals surface area contributed by atoms with E-state index in [1.807, 2.05) is 0 Å². The summed E-state index contributed by atoms with van der Waals surface area (Å²) in [6.45, 7) is 17.4. The van der Waals surface area contributed by atoms with Gasteiger partial charge in [0, 0.05) is 44.7 Å². The van der Waals surface area contributed by atoms with Gasteiger partial charge in [0.2, 0.25) is 0 Å². The molecule has 25 heavy (non-hydrogen) atoms. The van der Waals surface area contributed by atoms with E-state index in [2.05, 4.69) is 71.8 Å². The van der Waals surface area contributed by atoms with Crippen LogP contribution in [0, 0.1) is 0 Å². The average Bonchev–Trinajstić information content (AvgIpc) is 2.98. The summed E-state index contributed by atoms with van der Waals surface area (Å²) in [4.78, 5) is 7.15. The smallest absolute Gasteiger partial charge is 0.191 e. The number of aryl methyl sites for hydroxylation is 1. The van der Waals surface area contributed by atoms with Crippen LogP contribution in [0.3, 0.4) is 0 Å². The molecule has 7 nitrogen and oxygen atoms in total. The van der Waals surface area contributed by atoms with Gasteiger partial charge in [0.05, 0.1) is 6.54 Å². The van der Waals surface area contributed by atoms with Gasteiger partial charge in [-0.05, 0) is 34.6 Å². The predicted molar refractivity (Wildman–Crippen MR) is 116 cm³/mol. The van der Waals surface area contributed by atoms with Gasteiger partial charge in [0.25, 0.3) is 0 Å². The SMILES string of the molecule is CCNC(=NCCN(C(C)C)C(C)C)NCCn1cnnc1CC.I. The molecule has 0 aliphatic heterocycles. The van der Waals surface area contributed by atoms with Crippen molar-refractivity contribution in [3.63, 3.8) is 0 Å². The largest absolute Gasteiger partial charge is 0.357 e. The summed E-state index contributed by atoms with van der Waals surface area (Å²) in [6.07, 6.45) is 2.68. The number of hydrogen-bond donors (Lipinski definition) is 2. The molecule has 0 aliphatic rings. The first kappa shape index (κ1) is 24.1. The zero-order chi connectivity index (χ0) is 17.9. The average molecular weight is 465 g/mol. The number of aromatic nitrogens is 3. The fraction of sp³-hybridized carbons (Fsp3) is 0.824. The van der Waals surface area contributed by atoms with Crippen molar-refractivity contribution in [2.75, 3.05) is 26.2 Å². The van der Waals surface area contributed by atoms with Crippen LogP contribution in [0.2, 0.25) is 0 Å². The van der Waals surface area contributed by atoms with E-state index < -0.39 is 0 Å². The van der Waals surface area contributed by atoms with Crippen LogP contribution in [0.1, 0.15) is 47.4 Å². The Hall–Kier alpha value is -0.900. The van der Waals surface area contributed by atoms with Crippen LogP contribution in [-0.4, -0.2) is 63.9 Å². The lowest BCUT2D eigenvalue weighted by Crippen LogP contribution is -2.41. The Morgan fingerprint density at radius 2 is 1.88 bits per heavy atom. The Morgan fingerprint density at radius 3 is 2.44 bits per heavy atom. The van der Waals surface area contributed by atoms with E-state index in [9.17, 15) is 0 Å². The van der Waals surface area contributed by atoms with E-state index in [4.69, 9.17) is 4.99 Å².